The van der Waals surface area contributed by atoms with Crippen LogP contribution in [0.1, 0.15) is 17.5 Å². The topological polar surface area (TPSA) is 72.5 Å². The minimum absolute atomic E-state index is 0.131. The van der Waals surface area contributed by atoms with Crippen molar-refractivity contribution in [2.75, 3.05) is 23.8 Å². The van der Waals surface area contributed by atoms with Gasteiger partial charge in [0.25, 0.3) is 0 Å². The molecule has 7 heteroatoms. The number of hydrogen-bond acceptors (Lipinski definition) is 6. The molecule has 2 heterocycles. The smallest absolute Gasteiger partial charge is 0.248 e. The van der Waals surface area contributed by atoms with Crippen LogP contribution in [0.3, 0.4) is 0 Å². The Bertz CT molecular complexity index is 710. The maximum atomic E-state index is 12.3. The van der Waals surface area contributed by atoms with E-state index in [0.717, 1.165) is 22.0 Å². The quantitative estimate of drug-likeness (QED) is 0.900. The minimum Gasteiger partial charge on any atom is -0.486 e. The minimum atomic E-state index is -0.401. The molecule has 122 valence electrons. The molecule has 0 spiro atoms. The van der Waals surface area contributed by atoms with Gasteiger partial charge in [0.15, 0.2) is 16.6 Å². The maximum absolute atomic E-state index is 12.3. The largest absolute Gasteiger partial charge is 0.486 e. The number of aryl methyl sites for hydroxylation is 2. The summed E-state index contributed by atoms with van der Waals surface area (Å²) in [6.07, 6.45) is 0. The summed E-state index contributed by atoms with van der Waals surface area (Å²) < 4.78 is 11.0. The van der Waals surface area contributed by atoms with Gasteiger partial charge in [-0.1, -0.05) is 0 Å². The second kappa shape index (κ2) is 6.45. The predicted octanol–water partition coefficient (Wildman–Crippen LogP) is 2.97. The summed E-state index contributed by atoms with van der Waals surface area (Å²) in [5.41, 5.74) is 1.75. The third-order valence-electron chi connectivity index (χ3n) is 3.58. The standard InChI is InChI=1S/C16H19N3O3S/c1-9-11(3)23-16(18-9)19-15(20)10(2)17-12-4-5-13-14(8-12)22-7-6-21-13/h4-5,8,10,17H,6-7H2,1-3H3,(H,18,19,20). The molecule has 1 unspecified atom stereocenters. The third-order valence-corrected chi connectivity index (χ3v) is 4.57. The first-order valence-electron chi connectivity index (χ1n) is 7.44. The highest BCUT2D eigenvalue weighted by Gasteiger charge is 2.17. The van der Waals surface area contributed by atoms with Gasteiger partial charge in [0.2, 0.25) is 5.91 Å². The zero-order valence-electron chi connectivity index (χ0n) is 13.3. The zero-order chi connectivity index (χ0) is 16.4. The lowest BCUT2D eigenvalue weighted by Crippen LogP contribution is -2.31. The number of aromatic nitrogens is 1. The highest BCUT2D eigenvalue weighted by molar-refractivity contribution is 7.15. The average molecular weight is 333 g/mol. The fraction of sp³-hybridized carbons (Fsp3) is 0.375. The van der Waals surface area contributed by atoms with Crippen molar-refractivity contribution in [1.29, 1.82) is 0 Å². The molecule has 1 aromatic carbocycles. The van der Waals surface area contributed by atoms with Crippen LogP contribution in [0.15, 0.2) is 18.2 Å². The van der Waals surface area contributed by atoms with Crippen LogP contribution in [-0.4, -0.2) is 30.1 Å². The molecule has 0 saturated heterocycles. The first-order valence-corrected chi connectivity index (χ1v) is 8.25. The van der Waals surface area contributed by atoms with Crippen LogP contribution in [0.5, 0.6) is 11.5 Å². The van der Waals surface area contributed by atoms with Crippen molar-refractivity contribution < 1.29 is 14.3 Å². The molecule has 3 rings (SSSR count). The lowest BCUT2D eigenvalue weighted by Gasteiger charge is -2.20. The molecule has 2 N–H and O–H groups in total. The summed E-state index contributed by atoms with van der Waals surface area (Å²) in [4.78, 5) is 17.7. The second-order valence-corrected chi connectivity index (χ2v) is 6.58. The van der Waals surface area contributed by atoms with Gasteiger partial charge in [-0.25, -0.2) is 4.98 Å². The van der Waals surface area contributed by atoms with Crippen molar-refractivity contribution in [2.45, 2.75) is 26.8 Å². The lowest BCUT2D eigenvalue weighted by molar-refractivity contribution is -0.116. The van der Waals surface area contributed by atoms with Gasteiger partial charge in [-0.2, -0.15) is 0 Å². The summed E-state index contributed by atoms with van der Waals surface area (Å²) in [7, 11) is 0. The number of ether oxygens (including phenoxy) is 2. The molecule has 23 heavy (non-hydrogen) atoms. The van der Waals surface area contributed by atoms with E-state index in [9.17, 15) is 4.79 Å². The first-order chi connectivity index (χ1) is 11.0. The van der Waals surface area contributed by atoms with Gasteiger partial charge in [-0.3, -0.25) is 4.79 Å². The number of amides is 1. The molecule has 1 aliphatic heterocycles. The van der Waals surface area contributed by atoms with E-state index in [1.54, 1.807) is 6.92 Å². The SMILES string of the molecule is Cc1nc(NC(=O)C(C)Nc2ccc3c(c2)OCCO3)sc1C. The molecule has 0 saturated carbocycles. The molecular weight excluding hydrogens is 314 g/mol. The number of carbonyl (C=O) groups excluding carboxylic acids is 1. The Balaban J connectivity index is 1.64. The van der Waals surface area contributed by atoms with E-state index < -0.39 is 6.04 Å². The Morgan fingerprint density at radius 3 is 2.70 bits per heavy atom. The number of rotatable bonds is 4. The molecule has 1 aromatic heterocycles. The Kier molecular flexibility index (Phi) is 4.38. The van der Waals surface area contributed by atoms with E-state index >= 15 is 0 Å². The van der Waals surface area contributed by atoms with E-state index in [4.69, 9.17) is 9.47 Å². The summed E-state index contributed by atoms with van der Waals surface area (Å²) in [5.74, 6) is 1.29. The van der Waals surface area contributed by atoms with Crippen molar-refractivity contribution in [3.63, 3.8) is 0 Å². The second-order valence-electron chi connectivity index (χ2n) is 5.37. The van der Waals surface area contributed by atoms with E-state index in [1.165, 1.54) is 11.3 Å². The zero-order valence-corrected chi connectivity index (χ0v) is 14.1. The number of nitrogens with zero attached hydrogens (tertiary/aromatic N) is 1. The van der Waals surface area contributed by atoms with E-state index in [1.807, 2.05) is 32.0 Å². The third kappa shape index (κ3) is 3.56. The Hall–Kier alpha value is -2.28. The molecule has 6 nitrogen and oxygen atoms in total. The fourth-order valence-electron chi connectivity index (χ4n) is 2.19. The first kappa shape index (κ1) is 15.6. The molecule has 0 bridgehead atoms. The van der Waals surface area contributed by atoms with E-state index in [-0.39, 0.29) is 5.91 Å². The number of fused-ring (bicyclic) bond motifs is 1. The van der Waals surface area contributed by atoms with Crippen LogP contribution in [-0.2, 0) is 4.79 Å². The van der Waals surface area contributed by atoms with Gasteiger partial charge in [-0.05, 0) is 32.9 Å². The van der Waals surface area contributed by atoms with E-state index in [0.29, 0.717) is 24.1 Å². The van der Waals surface area contributed by atoms with Gasteiger partial charge in [0.05, 0.1) is 5.69 Å². The van der Waals surface area contributed by atoms with Crippen LogP contribution < -0.4 is 20.1 Å². The number of thiazole rings is 1. The number of carbonyl (C=O) groups is 1. The molecule has 1 aliphatic rings. The van der Waals surface area contributed by atoms with Crippen LogP contribution >= 0.6 is 11.3 Å². The van der Waals surface area contributed by atoms with Gasteiger partial charge >= 0.3 is 0 Å². The van der Waals surface area contributed by atoms with Crippen LogP contribution in [0.4, 0.5) is 10.8 Å². The van der Waals surface area contributed by atoms with Gasteiger partial charge < -0.3 is 20.1 Å². The monoisotopic (exact) mass is 333 g/mol. The van der Waals surface area contributed by atoms with Crippen molar-refractivity contribution in [3.05, 3.63) is 28.8 Å². The van der Waals surface area contributed by atoms with Crippen molar-refractivity contribution in [2.24, 2.45) is 0 Å². The van der Waals surface area contributed by atoms with Crippen LogP contribution in [0.25, 0.3) is 0 Å². The maximum Gasteiger partial charge on any atom is 0.248 e. The fourth-order valence-corrected chi connectivity index (χ4v) is 3.01. The normalized spacial score (nSPS) is 14.2. The molecule has 0 fully saturated rings. The summed E-state index contributed by atoms with van der Waals surface area (Å²) in [6, 6.07) is 5.15. The summed E-state index contributed by atoms with van der Waals surface area (Å²) in [6.45, 7) is 6.82. The Morgan fingerprint density at radius 1 is 1.26 bits per heavy atom. The van der Waals surface area contributed by atoms with Gasteiger partial charge in [-0.15, -0.1) is 11.3 Å². The summed E-state index contributed by atoms with van der Waals surface area (Å²) >= 11 is 1.48. The number of hydrogen-bond donors (Lipinski definition) is 2. The number of nitrogens with one attached hydrogen (secondary N) is 2. The molecule has 0 aliphatic carbocycles. The Morgan fingerprint density at radius 2 is 2.00 bits per heavy atom. The average Bonchev–Trinajstić information content (AvgIpc) is 2.85. The molecule has 1 atom stereocenters. The predicted molar refractivity (Wildman–Crippen MR) is 90.7 cm³/mol. The highest BCUT2D eigenvalue weighted by Crippen LogP contribution is 2.32. The number of anilines is 2. The molecular formula is C16H19N3O3S. The number of benzene rings is 1. The van der Waals surface area contributed by atoms with E-state index in [2.05, 4.69) is 15.6 Å². The van der Waals surface area contributed by atoms with Crippen LogP contribution in [0.2, 0.25) is 0 Å². The van der Waals surface area contributed by atoms with Crippen LogP contribution in [0, 0.1) is 13.8 Å². The van der Waals surface area contributed by atoms with Crippen molar-refractivity contribution >= 4 is 28.1 Å². The highest BCUT2D eigenvalue weighted by atomic mass is 32.1. The molecule has 2 aromatic rings. The summed E-state index contributed by atoms with van der Waals surface area (Å²) in [5, 5.41) is 6.62. The van der Waals surface area contributed by atoms with Crippen molar-refractivity contribution in [3.8, 4) is 11.5 Å². The van der Waals surface area contributed by atoms with Gasteiger partial charge in [0, 0.05) is 16.6 Å². The van der Waals surface area contributed by atoms with Gasteiger partial charge in [0.1, 0.15) is 19.3 Å². The van der Waals surface area contributed by atoms with Crippen molar-refractivity contribution in [1.82, 2.24) is 4.98 Å². The Labute approximate surface area is 138 Å². The molecule has 0 radical (unpaired) electrons. The lowest BCUT2D eigenvalue weighted by atomic mass is 10.2. The molecule has 1 amide bonds.